The van der Waals surface area contributed by atoms with E-state index in [-0.39, 0.29) is 0 Å². The van der Waals surface area contributed by atoms with Gasteiger partial charge in [-0.1, -0.05) is 54.6 Å². The summed E-state index contributed by atoms with van der Waals surface area (Å²) in [5, 5.41) is 0. The molecule has 1 aromatic carbocycles. The van der Waals surface area contributed by atoms with Gasteiger partial charge in [-0.2, -0.15) is 0 Å². The van der Waals surface area contributed by atoms with Crippen molar-refractivity contribution in [1.82, 2.24) is 0 Å². The molecular formula is C12H14. The van der Waals surface area contributed by atoms with Gasteiger partial charge in [-0.3, -0.25) is 0 Å². The van der Waals surface area contributed by atoms with Crippen LogP contribution in [0.1, 0.15) is 12.5 Å². The first-order valence-electron chi connectivity index (χ1n) is 4.17. The molecule has 0 amide bonds. The van der Waals surface area contributed by atoms with E-state index in [0.717, 1.165) is 12.0 Å². The molecule has 12 heavy (non-hydrogen) atoms. The van der Waals surface area contributed by atoms with Gasteiger partial charge >= 0.3 is 0 Å². The molecule has 0 atom stereocenters. The molecule has 0 unspecified atom stereocenters. The minimum absolute atomic E-state index is 0.950. The Labute approximate surface area is 74.2 Å². The van der Waals surface area contributed by atoms with Crippen LogP contribution in [0.4, 0.5) is 0 Å². The van der Waals surface area contributed by atoms with Crippen molar-refractivity contribution in [3.05, 3.63) is 60.2 Å². The first kappa shape index (κ1) is 8.79. The number of benzene rings is 1. The van der Waals surface area contributed by atoms with Crippen LogP contribution in [-0.4, -0.2) is 0 Å². The van der Waals surface area contributed by atoms with Crippen molar-refractivity contribution in [2.24, 2.45) is 0 Å². The summed E-state index contributed by atoms with van der Waals surface area (Å²) in [5.41, 5.74) is 2.48. The standard InChI is InChI=1S/C12H14/c1-3-7-11(2)10-12-8-5-4-6-9-12/h3-9H,2,10H2,1H3/b7-3-. The van der Waals surface area contributed by atoms with Gasteiger partial charge in [-0.25, -0.2) is 0 Å². The Bertz CT molecular complexity index is 267. The van der Waals surface area contributed by atoms with E-state index < -0.39 is 0 Å². The highest BCUT2D eigenvalue weighted by Gasteiger charge is 1.91. The molecule has 0 saturated heterocycles. The second-order valence-electron chi connectivity index (χ2n) is 2.82. The Balaban J connectivity index is 2.59. The summed E-state index contributed by atoms with van der Waals surface area (Å²) in [5.74, 6) is 0. The minimum atomic E-state index is 0.950. The maximum atomic E-state index is 3.95. The Hall–Kier alpha value is -1.30. The van der Waals surface area contributed by atoms with Crippen molar-refractivity contribution in [3.8, 4) is 0 Å². The zero-order valence-electron chi connectivity index (χ0n) is 7.46. The van der Waals surface area contributed by atoms with Gasteiger partial charge in [0.05, 0.1) is 0 Å². The van der Waals surface area contributed by atoms with Crippen LogP contribution in [0.15, 0.2) is 54.6 Å². The fourth-order valence-electron chi connectivity index (χ4n) is 1.15. The average molecular weight is 158 g/mol. The van der Waals surface area contributed by atoms with Crippen molar-refractivity contribution >= 4 is 0 Å². The van der Waals surface area contributed by atoms with Crippen molar-refractivity contribution in [1.29, 1.82) is 0 Å². The van der Waals surface area contributed by atoms with Crippen LogP contribution in [0.3, 0.4) is 0 Å². The highest BCUT2D eigenvalue weighted by molar-refractivity contribution is 5.25. The Morgan fingerprint density at radius 3 is 2.58 bits per heavy atom. The second kappa shape index (κ2) is 4.55. The molecule has 0 nitrogen and oxygen atoms in total. The van der Waals surface area contributed by atoms with E-state index in [4.69, 9.17) is 0 Å². The highest BCUT2D eigenvalue weighted by atomic mass is 14.0. The predicted molar refractivity (Wildman–Crippen MR) is 54.1 cm³/mol. The lowest BCUT2D eigenvalue weighted by atomic mass is 10.1. The second-order valence-corrected chi connectivity index (χ2v) is 2.82. The summed E-state index contributed by atoms with van der Waals surface area (Å²) < 4.78 is 0. The van der Waals surface area contributed by atoms with Crippen molar-refractivity contribution < 1.29 is 0 Å². The van der Waals surface area contributed by atoms with Crippen molar-refractivity contribution in [3.63, 3.8) is 0 Å². The van der Waals surface area contributed by atoms with E-state index in [1.807, 2.05) is 25.1 Å². The molecule has 0 fully saturated rings. The quantitative estimate of drug-likeness (QED) is 0.592. The summed E-state index contributed by atoms with van der Waals surface area (Å²) in [6.07, 6.45) is 5.02. The van der Waals surface area contributed by atoms with Gasteiger partial charge in [0.1, 0.15) is 0 Å². The maximum absolute atomic E-state index is 3.95. The third-order valence-corrected chi connectivity index (χ3v) is 1.68. The predicted octanol–water partition coefficient (Wildman–Crippen LogP) is 3.36. The third-order valence-electron chi connectivity index (χ3n) is 1.68. The van der Waals surface area contributed by atoms with Gasteiger partial charge in [0.25, 0.3) is 0 Å². The molecule has 0 spiro atoms. The van der Waals surface area contributed by atoms with Crippen LogP contribution < -0.4 is 0 Å². The summed E-state index contributed by atoms with van der Waals surface area (Å²) in [6.45, 7) is 5.96. The van der Waals surface area contributed by atoms with E-state index >= 15 is 0 Å². The number of allylic oxidation sites excluding steroid dienone is 3. The van der Waals surface area contributed by atoms with E-state index in [2.05, 4.69) is 30.8 Å². The Kier molecular flexibility index (Phi) is 3.34. The van der Waals surface area contributed by atoms with Crippen molar-refractivity contribution in [2.75, 3.05) is 0 Å². The summed E-state index contributed by atoms with van der Waals surface area (Å²) >= 11 is 0. The smallest absolute Gasteiger partial charge is 0.00318 e. The number of hydrogen-bond acceptors (Lipinski definition) is 0. The van der Waals surface area contributed by atoms with Crippen LogP contribution in [-0.2, 0) is 6.42 Å². The SMILES string of the molecule is C=C(/C=C\C)Cc1ccccc1. The lowest BCUT2D eigenvalue weighted by Gasteiger charge is -1.99. The van der Waals surface area contributed by atoms with Crippen LogP contribution in [0.25, 0.3) is 0 Å². The molecule has 0 aliphatic heterocycles. The molecule has 0 saturated carbocycles. The molecule has 1 aromatic rings. The molecule has 1 rings (SSSR count). The van der Waals surface area contributed by atoms with Crippen molar-refractivity contribution in [2.45, 2.75) is 13.3 Å². The van der Waals surface area contributed by atoms with E-state index in [1.165, 1.54) is 5.56 Å². The lowest BCUT2D eigenvalue weighted by Crippen LogP contribution is -1.84. The number of rotatable bonds is 3. The maximum Gasteiger partial charge on any atom is -0.00318 e. The molecule has 0 N–H and O–H groups in total. The van der Waals surface area contributed by atoms with Gasteiger partial charge < -0.3 is 0 Å². The average Bonchev–Trinajstić information content (AvgIpc) is 2.06. The molecule has 62 valence electrons. The third kappa shape index (κ3) is 2.75. The van der Waals surface area contributed by atoms with Crippen LogP contribution in [0.5, 0.6) is 0 Å². The molecule has 0 aromatic heterocycles. The van der Waals surface area contributed by atoms with Gasteiger partial charge in [-0.05, 0) is 18.9 Å². The largest absolute Gasteiger partial charge is 0.0955 e. The fourth-order valence-corrected chi connectivity index (χ4v) is 1.15. The summed E-state index contributed by atoms with van der Waals surface area (Å²) in [6, 6.07) is 10.4. The highest BCUT2D eigenvalue weighted by Crippen LogP contribution is 2.06. The Morgan fingerprint density at radius 1 is 1.33 bits per heavy atom. The normalized spacial score (nSPS) is 10.4. The van der Waals surface area contributed by atoms with E-state index in [1.54, 1.807) is 0 Å². The van der Waals surface area contributed by atoms with Gasteiger partial charge in [0.15, 0.2) is 0 Å². The first-order valence-corrected chi connectivity index (χ1v) is 4.17. The van der Waals surface area contributed by atoms with Gasteiger partial charge in [0.2, 0.25) is 0 Å². The molecule has 0 aliphatic rings. The van der Waals surface area contributed by atoms with Crippen LogP contribution in [0, 0.1) is 0 Å². The van der Waals surface area contributed by atoms with Crippen LogP contribution >= 0.6 is 0 Å². The summed E-state index contributed by atoms with van der Waals surface area (Å²) in [7, 11) is 0. The first-order chi connectivity index (χ1) is 5.83. The molecule has 0 bridgehead atoms. The monoisotopic (exact) mass is 158 g/mol. The lowest BCUT2D eigenvalue weighted by molar-refractivity contribution is 1.20. The number of hydrogen-bond donors (Lipinski definition) is 0. The van der Waals surface area contributed by atoms with Gasteiger partial charge in [-0.15, -0.1) is 0 Å². The Morgan fingerprint density at radius 2 is 2.00 bits per heavy atom. The zero-order chi connectivity index (χ0) is 8.81. The topological polar surface area (TPSA) is 0 Å². The summed E-state index contributed by atoms with van der Waals surface area (Å²) in [4.78, 5) is 0. The molecular weight excluding hydrogens is 144 g/mol. The molecule has 0 heterocycles. The molecule has 0 radical (unpaired) electrons. The van der Waals surface area contributed by atoms with Gasteiger partial charge in [0, 0.05) is 0 Å². The minimum Gasteiger partial charge on any atom is -0.0955 e. The zero-order valence-corrected chi connectivity index (χ0v) is 7.46. The molecule has 0 aliphatic carbocycles. The van der Waals surface area contributed by atoms with E-state index in [0.29, 0.717) is 0 Å². The molecule has 0 heteroatoms. The van der Waals surface area contributed by atoms with Crippen LogP contribution in [0.2, 0.25) is 0 Å². The fraction of sp³-hybridized carbons (Fsp3) is 0.167. The van der Waals surface area contributed by atoms with E-state index in [9.17, 15) is 0 Å².